The van der Waals surface area contributed by atoms with E-state index in [4.69, 9.17) is 37.6 Å². The lowest BCUT2D eigenvalue weighted by Gasteiger charge is -2.37. The molecule has 0 spiro atoms. The van der Waals surface area contributed by atoms with E-state index in [2.05, 4.69) is 33.9 Å². The number of cyclic esters (lactones) is 1. The molecular weight excluding hydrogens is 777 g/mol. The first kappa shape index (κ1) is 49.6. The third-order valence-corrected chi connectivity index (χ3v) is 14.7. The van der Waals surface area contributed by atoms with Crippen molar-refractivity contribution in [1.29, 1.82) is 0 Å². The summed E-state index contributed by atoms with van der Waals surface area (Å²) in [5, 5.41) is -0.0404. The molecular formula is C44H70N2O12Si. The smallest absolute Gasteiger partial charge is 0.414 e. The minimum atomic E-state index is -2.15. The maximum Gasteiger partial charge on any atom is 0.414 e. The second-order valence-corrected chi connectivity index (χ2v) is 23.9. The highest BCUT2D eigenvalue weighted by atomic mass is 28.4. The number of benzene rings is 1. The number of anilines is 1. The SMILES string of the molecule is COCOc1cc(N(CCN(CCO[Si](C)(C)C(C)(C)C)C(=O)OC(C)(C)C)C(=O)OC(C)(C)C)cc2c1C(=O)O[C@@H](C)C(C)=CCC(=O)[C@H]1OC(C)(C)O[C@H]1CC=C2. The Hall–Kier alpha value is -3.76. The molecule has 1 aromatic carbocycles. The number of fused-ring (bicyclic) bond motifs is 2. The number of hydrogen-bond acceptors (Lipinski definition) is 12. The molecule has 2 amide bonds. The lowest BCUT2D eigenvalue weighted by molar-refractivity contribution is -0.154. The Kier molecular flexibility index (Phi) is 16.6. The molecule has 0 bridgehead atoms. The van der Waals surface area contributed by atoms with Crippen LogP contribution in [0.1, 0.15) is 119 Å². The van der Waals surface area contributed by atoms with Crippen LogP contribution in [0.2, 0.25) is 18.1 Å². The molecule has 0 saturated carbocycles. The monoisotopic (exact) mass is 846 g/mol. The summed E-state index contributed by atoms with van der Waals surface area (Å²) >= 11 is 0. The number of carbonyl (C=O) groups excluding carboxylic acids is 4. The average molecular weight is 847 g/mol. The number of ketones is 1. The van der Waals surface area contributed by atoms with E-state index >= 15 is 0 Å². The van der Waals surface area contributed by atoms with Crippen LogP contribution in [-0.4, -0.2) is 113 Å². The van der Waals surface area contributed by atoms with Crippen molar-refractivity contribution in [3.05, 3.63) is 41.0 Å². The van der Waals surface area contributed by atoms with Crippen molar-refractivity contribution in [2.45, 2.75) is 156 Å². The van der Waals surface area contributed by atoms with Crippen molar-refractivity contribution in [2.24, 2.45) is 0 Å². The molecule has 3 atom stereocenters. The summed E-state index contributed by atoms with van der Waals surface area (Å²) in [6.45, 7) is 28.7. The van der Waals surface area contributed by atoms with Gasteiger partial charge in [-0.1, -0.05) is 39.0 Å². The zero-order valence-electron chi connectivity index (χ0n) is 38.4. The lowest BCUT2D eigenvalue weighted by Crippen LogP contribution is -2.47. The predicted octanol–water partition coefficient (Wildman–Crippen LogP) is 9.06. The van der Waals surface area contributed by atoms with Crippen LogP contribution < -0.4 is 9.64 Å². The molecule has 15 heteroatoms. The van der Waals surface area contributed by atoms with Crippen molar-refractivity contribution >= 4 is 44.0 Å². The lowest BCUT2D eigenvalue weighted by atomic mass is 9.99. The number of allylic oxidation sites excluding steroid dienone is 1. The van der Waals surface area contributed by atoms with Gasteiger partial charge in [0.25, 0.3) is 0 Å². The zero-order valence-corrected chi connectivity index (χ0v) is 39.4. The molecule has 3 rings (SSSR count). The van der Waals surface area contributed by atoms with Crippen LogP contribution in [0.15, 0.2) is 29.9 Å². The number of amides is 2. The number of esters is 1. The molecule has 2 aliphatic rings. The molecule has 0 unspecified atom stereocenters. The summed E-state index contributed by atoms with van der Waals surface area (Å²) in [5.41, 5.74) is -0.224. The number of hydrogen-bond donors (Lipinski definition) is 0. The Morgan fingerprint density at radius 2 is 1.54 bits per heavy atom. The molecule has 1 aromatic rings. The highest BCUT2D eigenvalue weighted by Crippen LogP contribution is 2.37. The Morgan fingerprint density at radius 3 is 2.14 bits per heavy atom. The van der Waals surface area contributed by atoms with Crippen molar-refractivity contribution in [3.8, 4) is 5.75 Å². The summed E-state index contributed by atoms with van der Waals surface area (Å²) in [4.78, 5) is 58.2. The largest absolute Gasteiger partial charge is 0.467 e. The Morgan fingerprint density at radius 1 is 0.915 bits per heavy atom. The van der Waals surface area contributed by atoms with Crippen LogP contribution in [0.3, 0.4) is 0 Å². The van der Waals surface area contributed by atoms with Gasteiger partial charge in [-0.25, -0.2) is 14.4 Å². The van der Waals surface area contributed by atoms with Crippen molar-refractivity contribution in [3.63, 3.8) is 0 Å². The van der Waals surface area contributed by atoms with Crippen molar-refractivity contribution in [2.75, 3.05) is 45.0 Å². The molecule has 332 valence electrons. The third-order valence-electron chi connectivity index (χ3n) is 10.2. The van der Waals surface area contributed by atoms with E-state index in [-0.39, 0.29) is 68.0 Å². The summed E-state index contributed by atoms with van der Waals surface area (Å²) in [7, 11) is -0.699. The minimum Gasteiger partial charge on any atom is -0.467 e. The number of carbonyl (C=O) groups is 4. The van der Waals surface area contributed by atoms with Gasteiger partial charge in [-0.15, -0.1) is 0 Å². The quantitative estimate of drug-likeness (QED) is 0.0688. The van der Waals surface area contributed by atoms with E-state index in [1.54, 1.807) is 99.6 Å². The van der Waals surface area contributed by atoms with Gasteiger partial charge in [0, 0.05) is 39.2 Å². The van der Waals surface area contributed by atoms with Crippen LogP contribution in [0.5, 0.6) is 5.75 Å². The van der Waals surface area contributed by atoms with Crippen molar-refractivity contribution in [1.82, 2.24) is 4.90 Å². The fourth-order valence-electron chi connectivity index (χ4n) is 5.94. The summed E-state index contributed by atoms with van der Waals surface area (Å²) < 4.78 is 47.6. The van der Waals surface area contributed by atoms with Crippen LogP contribution in [0.25, 0.3) is 6.08 Å². The summed E-state index contributed by atoms with van der Waals surface area (Å²) in [5.74, 6) is -1.74. The summed E-state index contributed by atoms with van der Waals surface area (Å²) in [6.07, 6.45) is 2.21. The Labute approximate surface area is 352 Å². The third kappa shape index (κ3) is 14.7. The standard InChI is InChI=1S/C44H70N2O12Si/c1-29-20-21-33(47)37-34(55-44(12,13)56-37)19-17-18-31-26-32(27-35(52-28-51-14)36(31)38(48)54-30(29)2)46(40(50)58-42(6,7)8)23-22-45(39(49)57-41(3,4)5)24-25-53-59(15,16)43(9,10)11/h17-18,20,26-27,30,34,37H,19,21-25,28H2,1-16H3/t30-,34-,37+/m0/s1. The second kappa shape index (κ2) is 19.7. The molecule has 0 aliphatic carbocycles. The van der Waals surface area contributed by atoms with Gasteiger partial charge < -0.3 is 42.5 Å². The fraction of sp³-hybridized carbons (Fsp3) is 0.682. The number of Topliss-reactive ketones (excluding diaryl/α,β-unsaturated/α-hetero) is 1. The molecule has 2 heterocycles. The van der Waals surface area contributed by atoms with Gasteiger partial charge in [0.2, 0.25) is 0 Å². The molecule has 0 aromatic heterocycles. The molecule has 14 nitrogen and oxygen atoms in total. The molecule has 1 saturated heterocycles. The van der Waals surface area contributed by atoms with Gasteiger partial charge in [-0.3, -0.25) is 9.69 Å². The zero-order chi connectivity index (χ0) is 44.7. The minimum absolute atomic E-state index is 0.0297. The van der Waals surface area contributed by atoms with E-state index in [0.29, 0.717) is 16.8 Å². The molecule has 59 heavy (non-hydrogen) atoms. The van der Waals surface area contributed by atoms with E-state index < -0.39 is 61.8 Å². The number of methoxy groups -OCH3 is 1. The fourth-order valence-corrected chi connectivity index (χ4v) is 6.98. The second-order valence-electron chi connectivity index (χ2n) is 19.1. The molecule has 1 fully saturated rings. The predicted molar refractivity (Wildman–Crippen MR) is 229 cm³/mol. The number of ether oxygens (including phenoxy) is 7. The van der Waals surface area contributed by atoms with Crippen LogP contribution >= 0.6 is 0 Å². The van der Waals surface area contributed by atoms with Crippen LogP contribution in [0, 0.1) is 0 Å². The van der Waals surface area contributed by atoms with Gasteiger partial charge in [0.05, 0.1) is 18.4 Å². The van der Waals surface area contributed by atoms with Crippen molar-refractivity contribution < 1.29 is 56.8 Å². The maximum absolute atomic E-state index is 14.2. The van der Waals surface area contributed by atoms with E-state index in [1.807, 2.05) is 0 Å². The topological polar surface area (TPSA) is 149 Å². The molecule has 2 aliphatic heterocycles. The highest BCUT2D eigenvalue weighted by Gasteiger charge is 2.44. The van der Waals surface area contributed by atoms with E-state index in [0.717, 1.165) is 0 Å². The van der Waals surface area contributed by atoms with Crippen LogP contribution in [0.4, 0.5) is 15.3 Å². The first-order valence-corrected chi connectivity index (χ1v) is 23.3. The Bertz CT molecular complexity index is 1720. The number of nitrogens with zero attached hydrogens (tertiary/aromatic N) is 2. The normalized spacial score (nSPS) is 20.4. The number of rotatable bonds is 11. The average Bonchev–Trinajstić information content (AvgIpc) is 3.39. The first-order chi connectivity index (χ1) is 27.0. The van der Waals surface area contributed by atoms with E-state index in [9.17, 15) is 19.2 Å². The molecule has 0 radical (unpaired) electrons. The maximum atomic E-state index is 14.2. The van der Waals surface area contributed by atoms with Gasteiger partial charge in [-0.2, -0.15) is 0 Å². The molecule has 0 N–H and O–H groups in total. The van der Waals surface area contributed by atoms with E-state index in [1.165, 1.54) is 16.9 Å². The highest BCUT2D eigenvalue weighted by molar-refractivity contribution is 6.74. The summed E-state index contributed by atoms with van der Waals surface area (Å²) in [6, 6.07) is 3.21. The van der Waals surface area contributed by atoms with Crippen LogP contribution in [-0.2, 0) is 37.6 Å². The first-order valence-electron chi connectivity index (χ1n) is 20.4. The van der Waals surface area contributed by atoms with Gasteiger partial charge >= 0.3 is 18.2 Å². The van der Waals surface area contributed by atoms with Gasteiger partial charge in [-0.05, 0) is 111 Å². The Balaban J connectivity index is 2.18. The van der Waals surface area contributed by atoms with Gasteiger partial charge in [0.1, 0.15) is 34.7 Å². The van der Waals surface area contributed by atoms with Gasteiger partial charge in [0.15, 0.2) is 26.7 Å².